The van der Waals surface area contributed by atoms with Gasteiger partial charge >= 0.3 is 0 Å². The van der Waals surface area contributed by atoms with Crippen LogP contribution in [0.3, 0.4) is 0 Å². The molecule has 0 saturated carbocycles. The lowest BCUT2D eigenvalue weighted by atomic mass is 10.2. The van der Waals surface area contributed by atoms with Gasteiger partial charge < -0.3 is 14.8 Å². The molecule has 0 bridgehead atoms. The molecule has 0 aromatic heterocycles. The summed E-state index contributed by atoms with van der Waals surface area (Å²) in [7, 11) is 1.67. The van der Waals surface area contributed by atoms with E-state index in [9.17, 15) is 0 Å². The Morgan fingerprint density at radius 2 is 1.71 bits per heavy atom. The molecule has 0 unspecified atom stereocenters. The van der Waals surface area contributed by atoms with Crippen molar-refractivity contribution in [2.45, 2.75) is 20.4 Å². The second-order valence-electron chi connectivity index (χ2n) is 5.39. The first-order valence-corrected chi connectivity index (χ1v) is 7.27. The van der Waals surface area contributed by atoms with Crippen molar-refractivity contribution in [3.8, 4) is 11.5 Å². The molecule has 2 rings (SSSR count). The van der Waals surface area contributed by atoms with Crippen LogP contribution in [0, 0.1) is 5.92 Å². The Morgan fingerprint density at radius 3 is 2.38 bits per heavy atom. The topological polar surface area (TPSA) is 30.5 Å². The second kappa shape index (κ2) is 7.58. The first-order chi connectivity index (χ1) is 10.2. The van der Waals surface area contributed by atoms with Gasteiger partial charge in [0.25, 0.3) is 0 Å². The Kier molecular flexibility index (Phi) is 5.50. The van der Waals surface area contributed by atoms with Gasteiger partial charge in [0, 0.05) is 17.8 Å². The quantitative estimate of drug-likeness (QED) is 0.820. The maximum Gasteiger partial charge on any atom is 0.124 e. The summed E-state index contributed by atoms with van der Waals surface area (Å²) in [5, 5.41) is 3.40. The largest absolute Gasteiger partial charge is 0.497 e. The molecular formula is C18H23NO2. The highest BCUT2D eigenvalue weighted by Crippen LogP contribution is 2.21. The van der Waals surface area contributed by atoms with E-state index in [4.69, 9.17) is 9.47 Å². The average molecular weight is 285 g/mol. The van der Waals surface area contributed by atoms with Gasteiger partial charge in [0.1, 0.15) is 11.5 Å². The van der Waals surface area contributed by atoms with Crippen LogP contribution in [0.1, 0.15) is 19.4 Å². The van der Waals surface area contributed by atoms with Crippen LogP contribution in [0.2, 0.25) is 0 Å². The number of hydrogen-bond donors (Lipinski definition) is 1. The van der Waals surface area contributed by atoms with Crippen LogP contribution in [0.25, 0.3) is 0 Å². The highest BCUT2D eigenvalue weighted by atomic mass is 16.5. The van der Waals surface area contributed by atoms with E-state index in [0.717, 1.165) is 35.9 Å². The normalized spacial score (nSPS) is 10.5. The maximum atomic E-state index is 5.86. The summed E-state index contributed by atoms with van der Waals surface area (Å²) in [6.07, 6.45) is 0. The fourth-order valence-corrected chi connectivity index (χ4v) is 1.95. The van der Waals surface area contributed by atoms with Gasteiger partial charge in [-0.3, -0.25) is 0 Å². The van der Waals surface area contributed by atoms with Crippen LogP contribution in [0.15, 0.2) is 48.5 Å². The standard InChI is InChI=1S/C18H23NO2/c1-14(2)13-21-18-7-5-4-6-15(18)12-19-16-8-10-17(20-3)11-9-16/h4-11,14,19H,12-13H2,1-3H3. The average Bonchev–Trinajstić information content (AvgIpc) is 2.52. The number of benzene rings is 2. The Hall–Kier alpha value is -2.16. The van der Waals surface area contributed by atoms with Gasteiger partial charge in [-0.2, -0.15) is 0 Å². The van der Waals surface area contributed by atoms with E-state index in [1.54, 1.807) is 7.11 Å². The molecule has 0 heterocycles. The third-order valence-electron chi connectivity index (χ3n) is 3.12. The molecule has 1 N–H and O–H groups in total. The molecule has 21 heavy (non-hydrogen) atoms. The Balaban J connectivity index is 1.98. The molecule has 3 heteroatoms. The number of rotatable bonds is 7. The summed E-state index contributed by atoms with van der Waals surface area (Å²) < 4.78 is 11.0. The van der Waals surface area contributed by atoms with Crippen LogP contribution >= 0.6 is 0 Å². The lowest BCUT2D eigenvalue weighted by Crippen LogP contribution is -2.08. The number of anilines is 1. The third kappa shape index (κ3) is 4.71. The first kappa shape index (κ1) is 15.2. The van der Waals surface area contributed by atoms with E-state index in [0.29, 0.717) is 5.92 Å². The lowest BCUT2D eigenvalue weighted by Gasteiger charge is -2.14. The molecule has 0 aliphatic heterocycles. The molecule has 0 spiro atoms. The molecule has 0 amide bonds. The van der Waals surface area contributed by atoms with E-state index in [-0.39, 0.29) is 0 Å². The Labute approximate surface area is 126 Å². The fraction of sp³-hybridized carbons (Fsp3) is 0.333. The number of ether oxygens (including phenoxy) is 2. The number of methoxy groups -OCH3 is 1. The summed E-state index contributed by atoms with van der Waals surface area (Å²) in [5.74, 6) is 2.33. The third-order valence-corrected chi connectivity index (χ3v) is 3.12. The molecule has 0 fully saturated rings. The van der Waals surface area contributed by atoms with Gasteiger partial charge in [0.05, 0.1) is 13.7 Å². The van der Waals surface area contributed by atoms with Crippen LogP contribution in [-0.2, 0) is 6.54 Å². The molecule has 2 aromatic rings. The van der Waals surface area contributed by atoms with E-state index >= 15 is 0 Å². The zero-order chi connectivity index (χ0) is 15.1. The molecule has 0 saturated heterocycles. The van der Waals surface area contributed by atoms with Crippen molar-refractivity contribution >= 4 is 5.69 Å². The van der Waals surface area contributed by atoms with E-state index in [1.165, 1.54) is 0 Å². The predicted molar refractivity (Wildman–Crippen MR) is 87.1 cm³/mol. The fourth-order valence-electron chi connectivity index (χ4n) is 1.95. The summed E-state index contributed by atoms with van der Waals surface area (Å²) >= 11 is 0. The zero-order valence-electron chi connectivity index (χ0n) is 12.9. The SMILES string of the molecule is COc1ccc(NCc2ccccc2OCC(C)C)cc1. The predicted octanol–water partition coefficient (Wildman–Crippen LogP) is 4.34. The molecule has 0 atom stereocenters. The Bertz CT molecular complexity index is 549. The van der Waals surface area contributed by atoms with Crippen molar-refractivity contribution in [2.24, 2.45) is 5.92 Å². The summed E-state index contributed by atoms with van der Waals surface area (Å²) in [5.41, 5.74) is 2.23. The zero-order valence-corrected chi connectivity index (χ0v) is 12.9. The summed E-state index contributed by atoms with van der Waals surface area (Å²) in [6.45, 7) is 5.77. The minimum absolute atomic E-state index is 0.521. The van der Waals surface area contributed by atoms with Crippen molar-refractivity contribution in [1.82, 2.24) is 0 Å². The molecule has 2 aromatic carbocycles. The van der Waals surface area contributed by atoms with Gasteiger partial charge in [0.15, 0.2) is 0 Å². The lowest BCUT2D eigenvalue weighted by molar-refractivity contribution is 0.269. The van der Waals surface area contributed by atoms with Crippen molar-refractivity contribution in [3.05, 3.63) is 54.1 Å². The smallest absolute Gasteiger partial charge is 0.124 e. The van der Waals surface area contributed by atoms with Crippen LogP contribution in [0.5, 0.6) is 11.5 Å². The summed E-state index contributed by atoms with van der Waals surface area (Å²) in [6, 6.07) is 16.1. The van der Waals surface area contributed by atoms with Gasteiger partial charge in [-0.25, -0.2) is 0 Å². The monoisotopic (exact) mass is 285 g/mol. The molecule has 3 nitrogen and oxygen atoms in total. The van der Waals surface area contributed by atoms with Crippen LogP contribution < -0.4 is 14.8 Å². The molecular weight excluding hydrogens is 262 g/mol. The van der Waals surface area contributed by atoms with Crippen molar-refractivity contribution < 1.29 is 9.47 Å². The molecule has 112 valence electrons. The van der Waals surface area contributed by atoms with Crippen LogP contribution in [0.4, 0.5) is 5.69 Å². The highest BCUT2D eigenvalue weighted by Gasteiger charge is 2.04. The first-order valence-electron chi connectivity index (χ1n) is 7.27. The second-order valence-corrected chi connectivity index (χ2v) is 5.39. The van der Waals surface area contributed by atoms with Gasteiger partial charge in [0.2, 0.25) is 0 Å². The number of nitrogens with one attached hydrogen (secondary N) is 1. The minimum Gasteiger partial charge on any atom is -0.497 e. The molecule has 0 aliphatic rings. The highest BCUT2D eigenvalue weighted by molar-refractivity contribution is 5.47. The van der Waals surface area contributed by atoms with Gasteiger partial charge in [-0.15, -0.1) is 0 Å². The maximum absolute atomic E-state index is 5.86. The van der Waals surface area contributed by atoms with E-state index < -0.39 is 0 Å². The summed E-state index contributed by atoms with van der Waals surface area (Å²) in [4.78, 5) is 0. The van der Waals surface area contributed by atoms with Gasteiger partial charge in [-0.05, 0) is 36.2 Å². The van der Waals surface area contributed by atoms with Crippen molar-refractivity contribution in [1.29, 1.82) is 0 Å². The van der Waals surface area contributed by atoms with Gasteiger partial charge in [-0.1, -0.05) is 32.0 Å². The van der Waals surface area contributed by atoms with Crippen molar-refractivity contribution in [2.75, 3.05) is 19.0 Å². The number of para-hydroxylation sites is 1. The Morgan fingerprint density at radius 1 is 1.00 bits per heavy atom. The van der Waals surface area contributed by atoms with E-state index in [2.05, 4.69) is 25.2 Å². The number of hydrogen-bond acceptors (Lipinski definition) is 3. The molecule has 0 aliphatic carbocycles. The minimum atomic E-state index is 0.521. The van der Waals surface area contributed by atoms with Crippen LogP contribution in [-0.4, -0.2) is 13.7 Å². The molecule has 0 radical (unpaired) electrons. The van der Waals surface area contributed by atoms with E-state index in [1.807, 2.05) is 42.5 Å². The van der Waals surface area contributed by atoms with Crippen molar-refractivity contribution in [3.63, 3.8) is 0 Å².